The molecular weight excluding hydrogens is 465 g/mol. The lowest BCUT2D eigenvalue weighted by Gasteiger charge is -2.27. The van der Waals surface area contributed by atoms with E-state index in [0.29, 0.717) is 17.4 Å². The zero-order valence-corrected chi connectivity index (χ0v) is 20.0. The van der Waals surface area contributed by atoms with Crippen LogP contribution in [0.5, 0.6) is 0 Å². The predicted molar refractivity (Wildman–Crippen MR) is 134 cm³/mol. The van der Waals surface area contributed by atoms with Gasteiger partial charge in [-0.2, -0.15) is 0 Å². The van der Waals surface area contributed by atoms with Crippen molar-refractivity contribution in [2.45, 2.75) is 36.2 Å². The summed E-state index contributed by atoms with van der Waals surface area (Å²) in [5, 5.41) is 12.0. The maximum absolute atomic E-state index is 13.4. The molecule has 1 aliphatic rings. The Morgan fingerprint density at radius 2 is 1.77 bits per heavy atom. The van der Waals surface area contributed by atoms with Gasteiger partial charge in [0.1, 0.15) is 16.8 Å². The highest BCUT2D eigenvalue weighted by atomic mass is 32.2. The Bertz CT molecular complexity index is 1240. The molecule has 1 unspecified atom stereocenters. The lowest BCUT2D eigenvalue weighted by molar-refractivity contribution is -0.115. The van der Waals surface area contributed by atoms with Crippen molar-refractivity contribution in [2.24, 2.45) is 0 Å². The van der Waals surface area contributed by atoms with E-state index in [2.05, 4.69) is 20.4 Å². The van der Waals surface area contributed by atoms with Crippen LogP contribution in [0.2, 0.25) is 0 Å². The van der Waals surface area contributed by atoms with Gasteiger partial charge in [0, 0.05) is 18.8 Å². The van der Waals surface area contributed by atoms with E-state index in [0.717, 1.165) is 43.2 Å². The summed E-state index contributed by atoms with van der Waals surface area (Å²) in [4.78, 5) is 15.7. The molecule has 180 valence electrons. The standard InChI is InChI=1S/C26H26FN5O2S/c27-20-11-13-21(14-12-20)28-24(33)23(19-8-3-1-4-9-19)35-26-30-29-25(31-15-5-2-6-16-31)32(26)18-22-10-7-17-34-22/h1,3-4,7-14,17,23H,2,5-6,15-16,18H2,(H,28,33). The normalized spacial score (nSPS) is 14.6. The second-order valence-corrected chi connectivity index (χ2v) is 9.47. The van der Waals surface area contributed by atoms with E-state index in [4.69, 9.17) is 4.42 Å². The van der Waals surface area contributed by atoms with Crippen LogP contribution < -0.4 is 10.2 Å². The van der Waals surface area contributed by atoms with Crippen LogP contribution in [-0.4, -0.2) is 33.8 Å². The van der Waals surface area contributed by atoms with Crippen molar-refractivity contribution in [1.29, 1.82) is 0 Å². The Balaban J connectivity index is 1.46. The molecule has 1 amide bonds. The van der Waals surface area contributed by atoms with Crippen molar-refractivity contribution in [3.63, 3.8) is 0 Å². The number of hydrogen-bond donors (Lipinski definition) is 1. The number of furan rings is 1. The molecular formula is C26H26FN5O2S. The summed E-state index contributed by atoms with van der Waals surface area (Å²) in [7, 11) is 0. The highest BCUT2D eigenvalue weighted by Crippen LogP contribution is 2.37. The smallest absolute Gasteiger partial charge is 0.242 e. The number of halogens is 1. The number of aromatic nitrogens is 3. The molecule has 1 atom stereocenters. The van der Waals surface area contributed by atoms with Crippen LogP contribution >= 0.6 is 11.8 Å². The first-order valence-electron chi connectivity index (χ1n) is 11.7. The van der Waals surface area contributed by atoms with Crippen LogP contribution in [0.15, 0.2) is 82.6 Å². The average molecular weight is 492 g/mol. The number of piperidine rings is 1. The first-order chi connectivity index (χ1) is 17.2. The molecule has 1 saturated heterocycles. The second-order valence-electron chi connectivity index (χ2n) is 8.40. The number of benzene rings is 2. The van der Waals surface area contributed by atoms with Gasteiger partial charge in [-0.15, -0.1) is 10.2 Å². The monoisotopic (exact) mass is 491 g/mol. The van der Waals surface area contributed by atoms with Crippen molar-refractivity contribution in [3.8, 4) is 0 Å². The SMILES string of the molecule is O=C(Nc1ccc(F)cc1)C(Sc1nnc(N2CCCCC2)n1Cc1ccco1)c1ccccc1. The number of carbonyl (C=O) groups excluding carboxylic acids is 1. The number of nitrogens with one attached hydrogen (secondary N) is 1. The van der Waals surface area contributed by atoms with Crippen molar-refractivity contribution in [1.82, 2.24) is 14.8 Å². The lowest BCUT2D eigenvalue weighted by Crippen LogP contribution is -2.32. The summed E-state index contributed by atoms with van der Waals surface area (Å²) in [5.74, 6) is 0.999. The molecule has 2 aromatic heterocycles. The number of hydrogen-bond acceptors (Lipinski definition) is 6. The summed E-state index contributed by atoms with van der Waals surface area (Å²) in [6.45, 7) is 2.32. The lowest BCUT2D eigenvalue weighted by atomic mass is 10.1. The van der Waals surface area contributed by atoms with E-state index < -0.39 is 5.25 Å². The van der Waals surface area contributed by atoms with E-state index >= 15 is 0 Å². The zero-order chi connectivity index (χ0) is 24.0. The van der Waals surface area contributed by atoms with Gasteiger partial charge in [0.15, 0.2) is 5.16 Å². The molecule has 9 heteroatoms. The highest BCUT2D eigenvalue weighted by molar-refractivity contribution is 8.00. The molecule has 4 aromatic rings. The fraction of sp³-hybridized carbons (Fsp3) is 0.269. The molecule has 0 aliphatic carbocycles. The van der Waals surface area contributed by atoms with Crippen molar-refractivity contribution >= 4 is 29.3 Å². The van der Waals surface area contributed by atoms with Gasteiger partial charge in [-0.3, -0.25) is 9.36 Å². The van der Waals surface area contributed by atoms with E-state index in [9.17, 15) is 9.18 Å². The van der Waals surface area contributed by atoms with Gasteiger partial charge in [0.05, 0.1) is 12.8 Å². The van der Waals surface area contributed by atoms with Crippen LogP contribution in [0.1, 0.15) is 35.8 Å². The fourth-order valence-corrected chi connectivity index (χ4v) is 5.17. The highest BCUT2D eigenvalue weighted by Gasteiger charge is 2.28. The van der Waals surface area contributed by atoms with Gasteiger partial charge in [-0.25, -0.2) is 4.39 Å². The van der Waals surface area contributed by atoms with Gasteiger partial charge in [-0.05, 0) is 61.2 Å². The van der Waals surface area contributed by atoms with Crippen LogP contribution in [0.25, 0.3) is 0 Å². The molecule has 0 radical (unpaired) electrons. The third-order valence-corrected chi connectivity index (χ3v) is 7.14. The fourth-order valence-electron chi connectivity index (χ4n) is 4.14. The Labute approximate surface area is 207 Å². The third kappa shape index (κ3) is 5.57. The summed E-state index contributed by atoms with van der Waals surface area (Å²) in [6.07, 6.45) is 5.09. The Morgan fingerprint density at radius 1 is 1.00 bits per heavy atom. The Morgan fingerprint density at radius 3 is 2.49 bits per heavy atom. The summed E-state index contributed by atoms with van der Waals surface area (Å²) in [6, 6.07) is 19.1. The molecule has 0 spiro atoms. The van der Waals surface area contributed by atoms with Crippen LogP contribution in [-0.2, 0) is 11.3 Å². The first kappa shape index (κ1) is 23.2. The summed E-state index contributed by atoms with van der Waals surface area (Å²) in [5.41, 5.74) is 1.37. The number of amides is 1. The number of nitrogens with zero attached hydrogens (tertiary/aromatic N) is 4. The minimum atomic E-state index is -0.588. The first-order valence-corrected chi connectivity index (χ1v) is 12.5. The number of anilines is 2. The van der Waals surface area contributed by atoms with Gasteiger partial charge < -0.3 is 14.6 Å². The van der Waals surface area contributed by atoms with Gasteiger partial charge in [0.2, 0.25) is 11.9 Å². The van der Waals surface area contributed by atoms with Gasteiger partial charge in [-0.1, -0.05) is 42.1 Å². The molecule has 35 heavy (non-hydrogen) atoms. The molecule has 0 bridgehead atoms. The summed E-state index contributed by atoms with van der Waals surface area (Å²) < 4.78 is 21.0. The van der Waals surface area contributed by atoms with Crippen molar-refractivity contribution in [3.05, 3.63) is 90.1 Å². The minimum Gasteiger partial charge on any atom is -0.467 e. The molecule has 1 fully saturated rings. The molecule has 0 saturated carbocycles. The zero-order valence-electron chi connectivity index (χ0n) is 19.1. The molecule has 7 nitrogen and oxygen atoms in total. The second kappa shape index (κ2) is 10.8. The number of carbonyl (C=O) groups is 1. The Kier molecular flexibility index (Phi) is 7.13. The van der Waals surface area contributed by atoms with E-state index in [1.54, 1.807) is 18.4 Å². The molecule has 2 aromatic carbocycles. The quantitative estimate of drug-likeness (QED) is 0.327. The largest absolute Gasteiger partial charge is 0.467 e. The average Bonchev–Trinajstić information content (AvgIpc) is 3.55. The molecule has 1 N–H and O–H groups in total. The minimum absolute atomic E-state index is 0.222. The predicted octanol–water partition coefficient (Wildman–Crippen LogP) is 5.52. The summed E-state index contributed by atoms with van der Waals surface area (Å²) >= 11 is 1.34. The number of thioether (sulfide) groups is 1. The van der Waals surface area contributed by atoms with Crippen LogP contribution in [0, 0.1) is 5.82 Å². The maximum Gasteiger partial charge on any atom is 0.242 e. The molecule has 5 rings (SSSR count). The molecule has 1 aliphatic heterocycles. The van der Waals surface area contributed by atoms with Gasteiger partial charge in [0.25, 0.3) is 0 Å². The van der Waals surface area contributed by atoms with Crippen LogP contribution in [0.4, 0.5) is 16.0 Å². The topological polar surface area (TPSA) is 76.2 Å². The Hall–Kier alpha value is -3.59. The van der Waals surface area contributed by atoms with Crippen molar-refractivity contribution in [2.75, 3.05) is 23.3 Å². The number of rotatable bonds is 8. The third-order valence-electron chi connectivity index (χ3n) is 5.91. The maximum atomic E-state index is 13.4. The van der Waals surface area contributed by atoms with E-state index in [-0.39, 0.29) is 11.7 Å². The van der Waals surface area contributed by atoms with Crippen LogP contribution in [0.3, 0.4) is 0 Å². The van der Waals surface area contributed by atoms with Gasteiger partial charge >= 0.3 is 0 Å². The molecule has 3 heterocycles. The van der Waals surface area contributed by atoms with E-state index in [1.807, 2.05) is 47.0 Å². The van der Waals surface area contributed by atoms with E-state index in [1.165, 1.54) is 30.3 Å². The van der Waals surface area contributed by atoms with Crippen molar-refractivity contribution < 1.29 is 13.6 Å².